The maximum Gasteiger partial charge on any atom is 0.271 e. The second-order valence-electron chi connectivity index (χ2n) is 6.87. The van der Waals surface area contributed by atoms with Gasteiger partial charge in [0.05, 0.1) is 6.21 Å². The molecule has 0 aliphatic carbocycles. The van der Waals surface area contributed by atoms with Crippen molar-refractivity contribution in [2.75, 3.05) is 0 Å². The van der Waals surface area contributed by atoms with Crippen LogP contribution in [0.2, 0.25) is 0 Å². The summed E-state index contributed by atoms with van der Waals surface area (Å²) in [7, 11) is 0. The first-order chi connectivity index (χ1) is 10.8. The molecule has 2 aromatic rings. The van der Waals surface area contributed by atoms with Crippen molar-refractivity contribution in [2.24, 2.45) is 5.10 Å². The molecule has 0 heterocycles. The third-order valence-electron chi connectivity index (χ3n) is 3.93. The van der Waals surface area contributed by atoms with Gasteiger partial charge in [0.15, 0.2) is 0 Å². The van der Waals surface area contributed by atoms with Gasteiger partial charge in [0.25, 0.3) is 5.91 Å². The third kappa shape index (κ3) is 4.52. The second kappa shape index (κ2) is 6.78. The van der Waals surface area contributed by atoms with Crippen LogP contribution in [-0.2, 0) is 5.41 Å². The van der Waals surface area contributed by atoms with E-state index in [1.165, 1.54) is 11.1 Å². The minimum atomic E-state index is -0.198. The molecule has 0 aromatic heterocycles. The molecule has 0 spiro atoms. The van der Waals surface area contributed by atoms with Crippen molar-refractivity contribution >= 4 is 12.1 Å². The number of amides is 1. The van der Waals surface area contributed by atoms with Crippen LogP contribution in [0.1, 0.15) is 53.4 Å². The summed E-state index contributed by atoms with van der Waals surface area (Å²) in [6, 6.07) is 13.8. The topological polar surface area (TPSA) is 41.5 Å². The fourth-order valence-electron chi connectivity index (χ4n) is 2.18. The molecule has 0 aliphatic heterocycles. The SMILES string of the molecule is Cc1ccc(C(=O)N/N=C/c2ccc(C(C)(C)C)cc2)cc1C. The molecular formula is C20H24N2O. The van der Waals surface area contributed by atoms with E-state index in [4.69, 9.17) is 0 Å². The molecule has 1 N–H and O–H groups in total. The average Bonchev–Trinajstić information content (AvgIpc) is 2.49. The van der Waals surface area contributed by atoms with Crippen molar-refractivity contribution in [3.63, 3.8) is 0 Å². The number of hydrogen-bond acceptors (Lipinski definition) is 2. The van der Waals surface area contributed by atoms with Gasteiger partial charge in [-0.15, -0.1) is 0 Å². The molecule has 0 fully saturated rings. The number of carbonyl (C=O) groups is 1. The van der Waals surface area contributed by atoms with Gasteiger partial charge in [0.1, 0.15) is 0 Å². The second-order valence-corrected chi connectivity index (χ2v) is 6.87. The molecule has 3 nitrogen and oxygen atoms in total. The van der Waals surface area contributed by atoms with E-state index in [1.807, 2.05) is 44.2 Å². The molecule has 1 amide bonds. The van der Waals surface area contributed by atoms with Crippen LogP contribution in [0.4, 0.5) is 0 Å². The molecule has 2 rings (SSSR count). The third-order valence-corrected chi connectivity index (χ3v) is 3.93. The molecule has 3 heteroatoms. The molecule has 0 saturated carbocycles. The van der Waals surface area contributed by atoms with Gasteiger partial charge >= 0.3 is 0 Å². The van der Waals surface area contributed by atoms with Gasteiger partial charge < -0.3 is 0 Å². The summed E-state index contributed by atoms with van der Waals surface area (Å²) in [5.74, 6) is -0.198. The summed E-state index contributed by atoms with van der Waals surface area (Å²) >= 11 is 0. The van der Waals surface area contributed by atoms with Crippen LogP contribution in [0.5, 0.6) is 0 Å². The number of carbonyl (C=O) groups excluding carboxylic acids is 1. The molecule has 120 valence electrons. The van der Waals surface area contributed by atoms with Crippen LogP contribution in [0, 0.1) is 13.8 Å². The fourth-order valence-corrected chi connectivity index (χ4v) is 2.18. The van der Waals surface area contributed by atoms with Crippen molar-refractivity contribution in [1.82, 2.24) is 5.43 Å². The standard InChI is InChI=1S/C20H24N2O/c1-14-6-9-17(12-15(14)2)19(23)22-21-13-16-7-10-18(11-8-16)20(3,4)5/h6-13H,1-5H3,(H,22,23)/b21-13+. The van der Waals surface area contributed by atoms with E-state index in [0.29, 0.717) is 5.56 Å². The summed E-state index contributed by atoms with van der Waals surface area (Å²) in [5, 5.41) is 4.04. The van der Waals surface area contributed by atoms with Crippen LogP contribution >= 0.6 is 0 Å². The highest BCUT2D eigenvalue weighted by molar-refractivity contribution is 5.95. The maximum atomic E-state index is 12.1. The van der Waals surface area contributed by atoms with E-state index in [-0.39, 0.29) is 11.3 Å². The van der Waals surface area contributed by atoms with Crippen molar-refractivity contribution in [3.8, 4) is 0 Å². The van der Waals surface area contributed by atoms with Gasteiger partial charge in [-0.05, 0) is 53.6 Å². The quantitative estimate of drug-likeness (QED) is 0.664. The Balaban J connectivity index is 2.01. The Bertz CT molecular complexity index is 722. The van der Waals surface area contributed by atoms with Crippen LogP contribution in [0.25, 0.3) is 0 Å². The Morgan fingerprint density at radius 3 is 2.22 bits per heavy atom. The van der Waals surface area contributed by atoms with Crippen LogP contribution in [0.15, 0.2) is 47.6 Å². The number of benzene rings is 2. The maximum absolute atomic E-state index is 12.1. The number of aryl methyl sites for hydroxylation is 2. The van der Waals surface area contributed by atoms with Gasteiger partial charge in [-0.3, -0.25) is 4.79 Å². The number of hydrazone groups is 1. The molecular weight excluding hydrogens is 284 g/mol. The average molecular weight is 308 g/mol. The first kappa shape index (κ1) is 16.9. The Morgan fingerprint density at radius 2 is 1.65 bits per heavy atom. The minimum absolute atomic E-state index is 0.132. The first-order valence-electron chi connectivity index (χ1n) is 7.78. The lowest BCUT2D eigenvalue weighted by atomic mass is 9.87. The predicted octanol–water partition coefficient (Wildman–Crippen LogP) is 4.36. The van der Waals surface area contributed by atoms with E-state index in [9.17, 15) is 4.79 Å². The molecule has 0 atom stereocenters. The molecule has 23 heavy (non-hydrogen) atoms. The monoisotopic (exact) mass is 308 g/mol. The Hall–Kier alpha value is -2.42. The van der Waals surface area contributed by atoms with Crippen molar-refractivity contribution in [2.45, 2.75) is 40.0 Å². The zero-order chi connectivity index (χ0) is 17.0. The summed E-state index contributed by atoms with van der Waals surface area (Å²) in [6.07, 6.45) is 1.66. The molecule has 0 radical (unpaired) electrons. The lowest BCUT2D eigenvalue weighted by Gasteiger charge is -2.18. The molecule has 0 aliphatic rings. The van der Waals surface area contributed by atoms with E-state index >= 15 is 0 Å². The van der Waals surface area contributed by atoms with Gasteiger partial charge in [-0.25, -0.2) is 5.43 Å². The summed E-state index contributed by atoms with van der Waals surface area (Å²) in [5.41, 5.74) is 7.82. The number of hydrogen-bond donors (Lipinski definition) is 1. The van der Waals surface area contributed by atoms with Crippen LogP contribution in [0.3, 0.4) is 0 Å². The summed E-state index contributed by atoms with van der Waals surface area (Å²) in [4.78, 5) is 12.1. The van der Waals surface area contributed by atoms with E-state index in [1.54, 1.807) is 6.21 Å². The van der Waals surface area contributed by atoms with Gasteiger partial charge in [-0.2, -0.15) is 5.10 Å². The Morgan fingerprint density at radius 1 is 1.00 bits per heavy atom. The first-order valence-corrected chi connectivity index (χ1v) is 7.78. The fraction of sp³-hybridized carbons (Fsp3) is 0.300. The molecule has 0 bridgehead atoms. The highest BCUT2D eigenvalue weighted by Crippen LogP contribution is 2.21. The van der Waals surface area contributed by atoms with Crippen molar-refractivity contribution in [3.05, 3.63) is 70.3 Å². The smallest absolute Gasteiger partial charge is 0.267 e. The Labute approximate surface area is 138 Å². The predicted molar refractivity (Wildman–Crippen MR) is 96.1 cm³/mol. The van der Waals surface area contributed by atoms with Gasteiger partial charge in [-0.1, -0.05) is 51.1 Å². The van der Waals surface area contributed by atoms with Gasteiger partial charge in [0.2, 0.25) is 0 Å². The normalized spacial score (nSPS) is 11.7. The van der Waals surface area contributed by atoms with Crippen LogP contribution in [-0.4, -0.2) is 12.1 Å². The van der Waals surface area contributed by atoms with Crippen molar-refractivity contribution < 1.29 is 4.79 Å². The minimum Gasteiger partial charge on any atom is -0.267 e. The molecule has 0 saturated heterocycles. The lowest BCUT2D eigenvalue weighted by Crippen LogP contribution is -2.17. The summed E-state index contributed by atoms with van der Waals surface area (Å²) < 4.78 is 0. The molecule has 0 unspecified atom stereocenters. The highest BCUT2D eigenvalue weighted by atomic mass is 16.2. The number of nitrogens with zero attached hydrogens (tertiary/aromatic N) is 1. The lowest BCUT2D eigenvalue weighted by molar-refractivity contribution is 0.0955. The Kier molecular flexibility index (Phi) is 4.99. The van der Waals surface area contributed by atoms with Crippen molar-refractivity contribution in [1.29, 1.82) is 0 Å². The molecule has 2 aromatic carbocycles. The zero-order valence-corrected chi connectivity index (χ0v) is 14.5. The zero-order valence-electron chi connectivity index (χ0n) is 14.5. The number of rotatable bonds is 3. The largest absolute Gasteiger partial charge is 0.271 e. The van der Waals surface area contributed by atoms with Crippen LogP contribution < -0.4 is 5.43 Å². The van der Waals surface area contributed by atoms with E-state index in [0.717, 1.165) is 11.1 Å². The number of nitrogens with one attached hydrogen (secondary N) is 1. The van der Waals surface area contributed by atoms with Gasteiger partial charge in [0, 0.05) is 5.56 Å². The van der Waals surface area contributed by atoms with E-state index in [2.05, 4.69) is 43.4 Å². The van der Waals surface area contributed by atoms with E-state index < -0.39 is 0 Å². The highest BCUT2D eigenvalue weighted by Gasteiger charge is 2.12. The summed E-state index contributed by atoms with van der Waals surface area (Å²) in [6.45, 7) is 10.6.